The maximum absolute atomic E-state index is 6.37. The fourth-order valence-electron chi connectivity index (χ4n) is 2.97. The molecule has 3 N–H and O–H groups in total. The number of rotatable bonds is 5. The number of aryl methyl sites for hydroxylation is 2. The third-order valence-corrected chi connectivity index (χ3v) is 5.03. The predicted molar refractivity (Wildman–Crippen MR) is 84.2 cm³/mol. The Labute approximate surface area is 131 Å². The van der Waals surface area contributed by atoms with Crippen molar-refractivity contribution >= 4 is 11.6 Å². The molecule has 1 aromatic rings. The summed E-state index contributed by atoms with van der Waals surface area (Å²) in [6.45, 7) is 9.72. The van der Waals surface area contributed by atoms with E-state index in [9.17, 15) is 0 Å². The summed E-state index contributed by atoms with van der Waals surface area (Å²) < 4.78 is 7.28. The number of nitrogens with zero attached hydrogens (tertiary/aromatic N) is 3. The van der Waals surface area contributed by atoms with Gasteiger partial charge in [0.2, 0.25) is 0 Å². The Balaban J connectivity index is 2.18. The highest BCUT2D eigenvalue weighted by Crippen LogP contribution is 2.26. The zero-order valence-corrected chi connectivity index (χ0v) is 14.1. The van der Waals surface area contributed by atoms with E-state index in [-0.39, 0.29) is 11.6 Å². The lowest BCUT2D eigenvalue weighted by Gasteiger charge is -2.45. The topological polar surface area (TPSA) is 68.3 Å². The third-order valence-electron chi connectivity index (χ3n) is 4.54. The van der Waals surface area contributed by atoms with Crippen molar-refractivity contribution in [2.45, 2.75) is 38.8 Å². The van der Waals surface area contributed by atoms with Crippen molar-refractivity contribution in [1.29, 1.82) is 0 Å². The van der Waals surface area contributed by atoms with Crippen molar-refractivity contribution in [1.82, 2.24) is 20.1 Å². The van der Waals surface area contributed by atoms with Gasteiger partial charge in [0.15, 0.2) is 0 Å². The standard InChI is InChI=1S/C14H26ClN5O/c1-10-13(15)11(19(4)18-10)9-12(17-16)14(2,3)20-5-7-21-8-6-20/h12,17H,5-9,16H2,1-4H3. The Morgan fingerprint density at radius 1 is 1.43 bits per heavy atom. The number of aromatic nitrogens is 2. The lowest BCUT2D eigenvalue weighted by molar-refractivity contribution is -0.0234. The van der Waals surface area contributed by atoms with Gasteiger partial charge in [0.1, 0.15) is 0 Å². The summed E-state index contributed by atoms with van der Waals surface area (Å²) in [4.78, 5) is 2.41. The summed E-state index contributed by atoms with van der Waals surface area (Å²) in [7, 11) is 1.92. The lowest BCUT2D eigenvalue weighted by atomic mass is 9.88. The van der Waals surface area contributed by atoms with E-state index in [2.05, 4.69) is 29.3 Å². The minimum Gasteiger partial charge on any atom is -0.379 e. The number of morpholine rings is 1. The van der Waals surface area contributed by atoms with Gasteiger partial charge in [-0.15, -0.1) is 0 Å². The monoisotopic (exact) mass is 315 g/mol. The van der Waals surface area contributed by atoms with Crippen molar-refractivity contribution in [3.05, 3.63) is 16.4 Å². The van der Waals surface area contributed by atoms with E-state index >= 15 is 0 Å². The molecule has 1 saturated heterocycles. The molecule has 21 heavy (non-hydrogen) atoms. The van der Waals surface area contributed by atoms with Crippen LogP contribution in [0.4, 0.5) is 0 Å². The number of nitrogens with one attached hydrogen (secondary N) is 1. The van der Waals surface area contributed by atoms with Crippen LogP contribution in [-0.4, -0.2) is 52.6 Å². The zero-order chi connectivity index (χ0) is 15.6. The third kappa shape index (κ3) is 3.40. The number of hydrazine groups is 1. The highest BCUT2D eigenvalue weighted by atomic mass is 35.5. The summed E-state index contributed by atoms with van der Waals surface area (Å²) in [6, 6.07) is 0.0721. The van der Waals surface area contributed by atoms with Crippen LogP contribution < -0.4 is 11.3 Å². The first-order chi connectivity index (χ1) is 9.87. The molecule has 1 aliphatic rings. The van der Waals surface area contributed by atoms with E-state index in [4.69, 9.17) is 22.2 Å². The summed E-state index contributed by atoms with van der Waals surface area (Å²) in [5, 5.41) is 5.11. The number of ether oxygens (including phenoxy) is 1. The van der Waals surface area contributed by atoms with E-state index < -0.39 is 0 Å². The van der Waals surface area contributed by atoms with Gasteiger partial charge in [0, 0.05) is 38.1 Å². The molecular formula is C14H26ClN5O. The van der Waals surface area contributed by atoms with Gasteiger partial charge in [-0.1, -0.05) is 11.6 Å². The second-order valence-corrected chi connectivity index (χ2v) is 6.52. The molecule has 1 unspecified atom stereocenters. The maximum atomic E-state index is 6.37. The Bertz CT molecular complexity index is 482. The van der Waals surface area contributed by atoms with E-state index in [0.717, 1.165) is 49.1 Å². The Kier molecular flexibility index (Phi) is 5.27. The lowest BCUT2D eigenvalue weighted by Crippen LogP contribution is -2.62. The van der Waals surface area contributed by atoms with Gasteiger partial charge < -0.3 is 4.74 Å². The van der Waals surface area contributed by atoms with Gasteiger partial charge in [-0.3, -0.25) is 20.9 Å². The van der Waals surface area contributed by atoms with Crippen molar-refractivity contribution in [3.8, 4) is 0 Å². The summed E-state index contributed by atoms with van der Waals surface area (Å²) in [5.41, 5.74) is 4.74. The number of hydrogen-bond donors (Lipinski definition) is 2. The molecule has 0 bridgehead atoms. The quantitative estimate of drug-likeness (QED) is 0.623. The number of hydrogen-bond acceptors (Lipinski definition) is 5. The molecule has 1 atom stereocenters. The molecule has 1 aromatic heterocycles. The van der Waals surface area contributed by atoms with Gasteiger partial charge in [-0.25, -0.2) is 0 Å². The van der Waals surface area contributed by atoms with Crippen LogP contribution in [-0.2, 0) is 18.2 Å². The molecule has 120 valence electrons. The summed E-state index contributed by atoms with van der Waals surface area (Å²) in [6.07, 6.45) is 0.733. The summed E-state index contributed by atoms with van der Waals surface area (Å²) in [5.74, 6) is 5.84. The molecule has 0 amide bonds. The Morgan fingerprint density at radius 3 is 2.52 bits per heavy atom. The molecule has 2 rings (SSSR count). The van der Waals surface area contributed by atoms with Gasteiger partial charge in [0.25, 0.3) is 0 Å². The number of nitrogens with two attached hydrogens (primary N) is 1. The molecule has 1 aliphatic heterocycles. The first-order valence-corrected chi connectivity index (χ1v) is 7.72. The smallest absolute Gasteiger partial charge is 0.0847 e. The van der Waals surface area contributed by atoms with E-state index in [1.165, 1.54) is 0 Å². The normalized spacial score (nSPS) is 19.0. The first kappa shape index (κ1) is 16.7. The Morgan fingerprint density at radius 2 is 2.05 bits per heavy atom. The van der Waals surface area contributed by atoms with E-state index in [1.807, 2.05) is 18.7 Å². The van der Waals surface area contributed by atoms with Gasteiger partial charge in [0.05, 0.1) is 29.6 Å². The van der Waals surface area contributed by atoms with Crippen molar-refractivity contribution < 1.29 is 4.74 Å². The molecule has 0 aliphatic carbocycles. The summed E-state index contributed by atoms with van der Waals surface area (Å²) >= 11 is 6.37. The van der Waals surface area contributed by atoms with Crippen LogP contribution in [0, 0.1) is 6.92 Å². The molecule has 0 aromatic carbocycles. The molecule has 6 nitrogen and oxygen atoms in total. The minimum absolute atomic E-state index is 0.0721. The molecule has 0 spiro atoms. The van der Waals surface area contributed by atoms with Gasteiger partial charge >= 0.3 is 0 Å². The highest BCUT2D eigenvalue weighted by molar-refractivity contribution is 6.31. The van der Waals surface area contributed by atoms with Crippen molar-refractivity contribution in [2.75, 3.05) is 26.3 Å². The van der Waals surface area contributed by atoms with Crippen LogP contribution in [0.2, 0.25) is 5.02 Å². The van der Waals surface area contributed by atoms with Crippen LogP contribution in [0.3, 0.4) is 0 Å². The molecular weight excluding hydrogens is 290 g/mol. The molecule has 0 saturated carbocycles. The van der Waals surface area contributed by atoms with Gasteiger partial charge in [-0.2, -0.15) is 5.10 Å². The molecule has 2 heterocycles. The van der Waals surface area contributed by atoms with E-state index in [0.29, 0.717) is 0 Å². The average Bonchev–Trinajstić information content (AvgIpc) is 2.71. The minimum atomic E-state index is -0.0972. The van der Waals surface area contributed by atoms with Crippen LogP contribution in [0.15, 0.2) is 0 Å². The zero-order valence-electron chi connectivity index (χ0n) is 13.3. The SMILES string of the molecule is Cc1nn(C)c(CC(NN)C(C)(C)N2CCOCC2)c1Cl. The second-order valence-electron chi connectivity index (χ2n) is 6.15. The van der Waals surface area contributed by atoms with Crippen LogP contribution in [0.1, 0.15) is 25.2 Å². The number of halogens is 1. The molecule has 7 heteroatoms. The predicted octanol–water partition coefficient (Wildman–Crippen LogP) is 0.867. The van der Waals surface area contributed by atoms with Crippen LogP contribution in [0.25, 0.3) is 0 Å². The van der Waals surface area contributed by atoms with Crippen molar-refractivity contribution in [2.24, 2.45) is 12.9 Å². The Hall–Kier alpha value is -0.660. The van der Waals surface area contributed by atoms with Crippen molar-refractivity contribution in [3.63, 3.8) is 0 Å². The molecule has 0 radical (unpaired) electrons. The van der Waals surface area contributed by atoms with Crippen LogP contribution in [0.5, 0.6) is 0 Å². The largest absolute Gasteiger partial charge is 0.379 e. The molecule has 1 fully saturated rings. The van der Waals surface area contributed by atoms with Crippen LogP contribution >= 0.6 is 11.6 Å². The van der Waals surface area contributed by atoms with Gasteiger partial charge in [-0.05, 0) is 20.8 Å². The van der Waals surface area contributed by atoms with E-state index in [1.54, 1.807) is 0 Å². The fourth-order valence-corrected chi connectivity index (χ4v) is 3.21. The maximum Gasteiger partial charge on any atom is 0.0847 e. The fraction of sp³-hybridized carbons (Fsp3) is 0.786. The highest BCUT2D eigenvalue weighted by Gasteiger charge is 2.36. The first-order valence-electron chi connectivity index (χ1n) is 7.34. The average molecular weight is 316 g/mol. The second kappa shape index (κ2) is 6.62.